The number of aromatic nitrogens is 1. The van der Waals surface area contributed by atoms with E-state index in [0.717, 1.165) is 12.1 Å². The number of benzene rings is 3. The van der Waals surface area contributed by atoms with Gasteiger partial charge in [-0.2, -0.15) is 0 Å². The monoisotopic (exact) mass is 531 g/mol. The van der Waals surface area contributed by atoms with Crippen LogP contribution >= 0.6 is 0 Å². The lowest BCUT2D eigenvalue weighted by Gasteiger charge is -2.16. The van der Waals surface area contributed by atoms with E-state index in [-0.39, 0.29) is 35.0 Å². The third-order valence-electron chi connectivity index (χ3n) is 5.28. The first-order valence-corrected chi connectivity index (χ1v) is 11.2. The summed E-state index contributed by atoms with van der Waals surface area (Å²) in [6.07, 6.45) is -5.75. The number of rotatable bonds is 7. The lowest BCUT2D eigenvalue weighted by Crippen LogP contribution is -2.16. The van der Waals surface area contributed by atoms with E-state index in [1.165, 1.54) is 31.4 Å². The zero-order valence-electron chi connectivity index (χ0n) is 20.4. The summed E-state index contributed by atoms with van der Waals surface area (Å²) in [5.74, 6) is -0.330. The van der Waals surface area contributed by atoms with Crippen LogP contribution in [0.1, 0.15) is 12.6 Å². The van der Waals surface area contributed by atoms with Gasteiger partial charge in [0.15, 0.2) is 17.3 Å². The molecule has 38 heavy (non-hydrogen) atoms. The van der Waals surface area contributed by atoms with Crippen LogP contribution in [0.15, 0.2) is 60.7 Å². The molecule has 0 saturated carbocycles. The van der Waals surface area contributed by atoms with Gasteiger partial charge in [0.05, 0.1) is 19.2 Å². The number of pyridine rings is 1. The van der Waals surface area contributed by atoms with Crippen molar-refractivity contribution in [3.63, 3.8) is 0 Å². The fourth-order valence-electron chi connectivity index (χ4n) is 3.72. The highest BCUT2D eigenvalue weighted by Crippen LogP contribution is 2.41. The van der Waals surface area contributed by atoms with Gasteiger partial charge in [-0.15, -0.1) is 13.2 Å². The van der Waals surface area contributed by atoms with Crippen molar-refractivity contribution >= 4 is 17.1 Å². The van der Waals surface area contributed by atoms with Crippen LogP contribution in [-0.4, -0.2) is 31.2 Å². The van der Waals surface area contributed by atoms with Gasteiger partial charge in [0.25, 0.3) is 0 Å². The van der Waals surface area contributed by atoms with Gasteiger partial charge in [0.1, 0.15) is 17.2 Å². The van der Waals surface area contributed by atoms with Crippen LogP contribution in [0.2, 0.25) is 0 Å². The van der Waals surface area contributed by atoms with Crippen molar-refractivity contribution in [1.29, 1.82) is 0 Å². The number of halogens is 4. The maximum absolute atomic E-state index is 14.6. The quantitative estimate of drug-likeness (QED) is 0.180. The van der Waals surface area contributed by atoms with Crippen LogP contribution in [-0.2, 0) is 4.74 Å². The Labute approximate surface area is 214 Å². The number of hydrogen-bond acceptors (Lipinski definition) is 7. The topological polar surface area (TPSA) is 76.1 Å². The normalized spacial score (nSPS) is 11.2. The fourth-order valence-corrected chi connectivity index (χ4v) is 3.72. The Morgan fingerprint density at radius 2 is 1.55 bits per heavy atom. The second-order valence-corrected chi connectivity index (χ2v) is 7.84. The maximum atomic E-state index is 14.6. The van der Waals surface area contributed by atoms with Crippen molar-refractivity contribution < 1.29 is 46.0 Å². The minimum atomic E-state index is -4.79. The Kier molecular flexibility index (Phi) is 7.56. The summed E-state index contributed by atoms with van der Waals surface area (Å²) in [5.41, 5.74) is 1.84. The number of methoxy groups -OCH3 is 1. The van der Waals surface area contributed by atoms with Crippen molar-refractivity contribution in [2.45, 2.75) is 20.2 Å². The SMILES string of the molecule is CCOC(=O)Oc1c(-c2ccc(Oc3ccc(OC(F)(F)F)cc3)cc2)c(C)nc2cc(OC)c(F)cc12. The molecule has 0 unspecified atom stereocenters. The first-order chi connectivity index (χ1) is 18.1. The van der Waals surface area contributed by atoms with Crippen molar-refractivity contribution in [2.75, 3.05) is 13.7 Å². The number of nitrogens with zero attached hydrogens (tertiary/aromatic N) is 1. The molecule has 1 aromatic heterocycles. The average molecular weight is 531 g/mol. The minimum Gasteiger partial charge on any atom is -0.494 e. The Morgan fingerprint density at radius 1 is 0.947 bits per heavy atom. The molecule has 0 N–H and O–H groups in total. The highest BCUT2D eigenvalue weighted by Gasteiger charge is 2.31. The predicted octanol–water partition coefficient (Wildman–Crippen LogP) is 7.58. The van der Waals surface area contributed by atoms with Crippen LogP contribution in [0.5, 0.6) is 28.7 Å². The molecule has 7 nitrogen and oxygen atoms in total. The molecule has 0 atom stereocenters. The molecule has 3 aromatic carbocycles. The number of alkyl halides is 3. The molecule has 198 valence electrons. The van der Waals surface area contributed by atoms with E-state index >= 15 is 0 Å². The smallest absolute Gasteiger partial charge is 0.494 e. The van der Waals surface area contributed by atoms with Crippen LogP contribution in [0.4, 0.5) is 22.4 Å². The maximum Gasteiger partial charge on any atom is 0.573 e. The lowest BCUT2D eigenvalue weighted by atomic mass is 10.00. The largest absolute Gasteiger partial charge is 0.573 e. The Bertz CT molecular complexity index is 1450. The fraction of sp³-hybridized carbons (Fsp3) is 0.185. The standard InChI is InChI=1S/C27H21F4NO6/c1-4-35-26(33)37-25-20-13-21(28)23(34-3)14-22(20)32-15(2)24(25)16-5-7-17(8-6-16)36-18-9-11-19(12-10-18)38-27(29,30)31/h5-14H,4H2,1-3H3. The van der Waals surface area contributed by atoms with Crippen LogP contribution in [0.25, 0.3) is 22.0 Å². The summed E-state index contributed by atoms with van der Waals surface area (Å²) in [7, 11) is 1.33. The third-order valence-corrected chi connectivity index (χ3v) is 5.28. The van der Waals surface area contributed by atoms with E-state index in [9.17, 15) is 22.4 Å². The van der Waals surface area contributed by atoms with Crippen molar-refractivity contribution in [2.24, 2.45) is 0 Å². The first-order valence-electron chi connectivity index (χ1n) is 11.2. The molecular weight excluding hydrogens is 510 g/mol. The van der Waals surface area contributed by atoms with E-state index < -0.39 is 18.3 Å². The summed E-state index contributed by atoms with van der Waals surface area (Å²) in [4.78, 5) is 16.8. The van der Waals surface area contributed by atoms with Crippen LogP contribution < -0.4 is 18.9 Å². The van der Waals surface area contributed by atoms with Gasteiger partial charge in [-0.25, -0.2) is 9.18 Å². The highest BCUT2D eigenvalue weighted by atomic mass is 19.4. The number of hydrogen-bond donors (Lipinski definition) is 0. The Hall–Kier alpha value is -4.54. The summed E-state index contributed by atoms with van der Waals surface area (Å²) < 4.78 is 76.7. The molecular formula is C27H21F4NO6. The molecule has 0 saturated heterocycles. The number of carbonyl (C=O) groups is 1. The van der Waals surface area contributed by atoms with E-state index in [4.69, 9.17) is 18.9 Å². The van der Waals surface area contributed by atoms with Gasteiger partial charge in [-0.1, -0.05) is 12.1 Å². The molecule has 1 heterocycles. The summed E-state index contributed by atoms with van der Waals surface area (Å²) >= 11 is 0. The summed E-state index contributed by atoms with van der Waals surface area (Å²) in [6.45, 7) is 3.41. The van der Waals surface area contributed by atoms with E-state index in [2.05, 4.69) is 9.72 Å². The second kappa shape index (κ2) is 10.8. The van der Waals surface area contributed by atoms with Crippen LogP contribution in [0, 0.1) is 12.7 Å². The lowest BCUT2D eigenvalue weighted by molar-refractivity contribution is -0.274. The third kappa shape index (κ3) is 6.05. The predicted molar refractivity (Wildman–Crippen MR) is 129 cm³/mol. The number of ether oxygens (including phenoxy) is 5. The number of fused-ring (bicyclic) bond motifs is 1. The van der Waals surface area contributed by atoms with Crippen molar-refractivity contribution in [3.8, 4) is 39.9 Å². The zero-order valence-corrected chi connectivity index (χ0v) is 20.4. The number of aryl methyl sites for hydroxylation is 1. The summed E-state index contributed by atoms with van der Waals surface area (Å²) in [5, 5.41) is 0.235. The molecule has 4 aromatic rings. The molecule has 0 spiro atoms. The van der Waals surface area contributed by atoms with E-state index in [0.29, 0.717) is 28.1 Å². The molecule has 11 heteroatoms. The van der Waals surface area contributed by atoms with Gasteiger partial charge in [0, 0.05) is 22.7 Å². The minimum absolute atomic E-state index is 0.0151. The molecule has 0 aliphatic heterocycles. The summed E-state index contributed by atoms with van der Waals surface area (Å²) in [6, 6.07) is 14.1. The molecule has 0 aliphatic carbocycles. The molecule has 0 bridgehead atoms. The van der Waals surface area contributed by atoms with Crippen molar-refractivity contribution in [3.05, 3.63) is 72.2 Å². The van der Waals surface area contributed by atoms with E-state index in [1.807, 2.05) is 0 Å². The Balaban J connectivity index is 1.68. The van der Waals surface area contributed by atoms with Crippen molar-refractivity contribution in [1.82, 2.24) is 4.98 Å². The first kappa shape index (κ1) is 26.5. The molecule has 0 radical (unpaired) electrons. The van der Waals surface area contributed by atoms with Gasteiger partial charge >= 0.3 is 12.5 Å². The zero-order chi connectivity index (χ0) is 27.4. The van der Waals surface area contributed by atoms with Gasteiger partial charge in [-0.3, -0.25) is 4.98 Å². The molecule has 4 rings (SSSR count). The Morgan fingerprint density at radius 3 is 2.13 bits per heavy atom. The van der Waals surface area contributed by atoms with Gasteiger partial charge < -0.3 is 23.7 Å². The molecule has 0 amide bonds. The van der Waals surface area contributed by atoms with E-state index in [1.54, 1.807) is 38.1 Å². The average Bonchev–Trinajstić information content (AvgIpc) is 2.85. The van der Waals surface area contributed by atoms with Gasteiger partial charge in [0.2, 0.25) is 0 Å². The highest BCUT2D eigenvalue weighted by molar-refractivity contribution is 5.96. The molecule has 0 aliphatic rings. The number of carbonyl (C=O) groups excluding carboxylic acids is 1. The van der Waals surface area contributed by atoms with Crippen LogP contribution in [0.3, 0.4) is 0 Å². The second-order valence-electron chi connectivity index (χ2n) is 7.84. The molecule has 0 fully saturated rings. The van der Waals surface area contributed by atoms with Gasteiger partial charge in [-0.05, 0) is 61.9 Å².